The first-order valence-electron chi connectivity index (χ1n) is 9.50. The smallest absolute Gasteiger partial charge is 0.391 e. The summed E-state index contributed by atoms with van der Waals surface area (Å²) in [6.45, 7) is 5.64. The largest absolute Gasteiger partial charge is 0.414 e. The van der Waals surface area contributed by atoms with Crippen LogP contribution in [-0.2, 0) is 5.60 Å². The van der Waals surface area contributed by atoms with Crippen molar-refractivity contribution in [3.8, 4) is 5.88 Å². The maximum absolute atomic E-state index is 12.1. The van der Waals surface area contributed by atoms with Gasteiger partial charge < -0.3 is 15.2 Å². The Morgan fingerprint density at radius 1 is 1.15 bits per heavy atom. The SMILES string of the molecule is CC(C)(C)NC(=O)Oc1ncccc1C1(O)CCC(c2ccccc2)CC1. The van der Waals surface area contributed by atoms with Crippen molar-refractivity contribution in [3.63, 3.8) is 0 Å². The van der Waals surface area contributed by atoms with Gasteiger partial charge in [0.2, 0.25) is 5.88 Å². The second-order valence-electron chi connectivity index (χ2n) is 8.34. The number of benzene rings is 1. The van der Waals surface area contributed by atoms with E-state index in [0.29, 0.717) is 24.3 Å². The van der Waals surface area contributed by atoms with E-state index in [1.807, 2.05) is 26.8 Å². The summed E-state index contributed by atoms with van der Waals surface area (Å²) < 4.78 is 5.43. The minimum absolute atomic E-state index is 0.180. The molecule has 0 unspecified atom stereocenters. The zero-order chi connectivity index (χ0) is 19.5. The van der Waals surface area contributed by atoms with E-state index in [2.05, 4.69) is 34.6 Å². The second-order valence-corrected chi connectivity index (χ2v) is 8.34. The number of nitrogens with one attached hydrogen (secondary N) is 1. The van der Waals surface area contributed by atoms with Gasteiger partial charge in [0, 0.05) is 17.3 Å². The van der Waals surface area contributed by atoms with Gasteiger partial charge in [-0.05, 0) is 70.1 Å². The molecule has 0 bridgehead atoms. The second kappa shape index (κ2) is 7.69. The van der Waals surface area contributed by atoms with E-state index < -0.39 is 17.2 Å². The number of aromatic nitrogens is 1. The molecule has 0 aliphatic heterocycles. The number of carbonyl (C=O) groups is 1. The van der Waals surface area contributed by atoms with Crippen molar-refractivity contribution < 1.29 is 14.6 Å². The normalized spacial score (nSPS) is 22.9. The highest BCUT2D eigenvalue weighted by molar-refractivity contribution is 5.71. The molecule has 1 aromatic heterocycles. The maximum atomic E-state index is 12.1. The summed E-state index contributed by atoms with van der Waals surface area (Å²) in [5.74, 6) is 0.622. The van der Waals surface area contributed by atoms with Crippen LogP contribution >= 0.6 is 0 Å². The number of amides is 1. The quantitative estimate of drug-likeness (QED) is 0.836. The molecule has 144 valence electrons. The number of nitrogens with zero attached hydrogens (tertiary/aromatic N) is 1. The van der Waals surface area contributed by atoms with Crippen LogP contribution in [0.4, 0.5) is 4.79 Å². The number of carbonyl (C=O) groups excluding carboxylic acids is 1. The maximum Gasteiger partial charge on any atom is 0.414 e. The molecule has 2 aromatic rings. The molecule has 2 N–H and O–H groups in total. The summed E-state index contributed by atoms with van der Waals surface area (Å²) in [6.07, 6.45) is 3.98. The lowest BCUT2D eigenvalue weighted by Gasteiger charge is -2.37. The lowest BCUT2D eigenvalue weighted by molar-refractivity contribution is -0.00773. The summed E-state index contributed by atoms with van der Waals surface area (Å²) in [7, 11) is 0. The van der Waals surface area contributed by atoms with E-state index in [4.69, 9.17) is 4.74 Å². The first-order valence-corrected chi connectivity index (χ1v) is 9.50. The average molecular weight is 368 g/mol. The number of ether oxygens (including phenoxy) is 1. The molecule has 0 spiro atoms. The summed E-state index contributed by atoms with van der Waals surface area (Å²) in [4.78, 5) is 16.4. The van der Waals surface area contributed by atoms with E-state index in [-0.39, 0.29) is 5.88 Å². The Hall–Kier alpha value is -2.40. The van der Waals surface area contributed by atoms with Gasteiger partial charge in [0.05, 0.1) is 5.60 Å². The van der Waals surface area contributed by atoms with E-state index in [0.717, 1.165) is 12.8 Å². The molecule has 1 amide bonds. The van der Waals surface area contributed by atoms with Crippen molar-refractivity contribution >= 4 is 6.09 Å². The van der Waals surface area contributed by atoms with Gasteiger partial charge in [0.1, 0.15) is 0 Å². The monoisotopic (exact) mass is 368 g/mol. The van der Waals surface area contributed by atoms with Crippen molar-refractivity contribution in [1.82, 2.24) is 10.3 Å². The van der Waals surface area contributed by atoms with Crippen molar-refractivity contribution in [2.24, 2.45) is 0 Å². The van der Waals surface area contributed by atoms with Gasteiger partial charge in [-0.15, -0.1) is 0 Å². The first-order chi connectivity index (χ1) is 12.8. The molecule has 0 radical (unpaired) electrons. The van der Waals surface area contributed by atoms with Crippen molar-refractivity contribution in [3.05, 3.63) is 59.8 Å². The zero-order valence-corrected chi connectivity index (χ0v) is 16.2. The van der Waals surface area contributed by atoms with E-state index in [1.165, 1.54) is 5.56 Å². The van der Waals surface area contributed by atoms with Crippen LogP contribution in [0.3, 0.4) is 0 Å². The van der Waals surface area contributed by atoms with Crippen LogP contribution in [0.5, 0.6) is 5.88 Å². The third kappa shape index (κ3) is 4.86. The van der Waals surface area contributed by atoms with Crippen LogP contribution in [0.25, 0.3) is 0 Å². The average Bonchev–Trinajstić information content (AvgIpc) is 2.62. The summed E-state index contributed by atoms with van der Waals surface area (Å²) in [6, 6.07) is 14.0. The standard InChI is InChI=1S/C22H28N2O3/c1-21(2,3)24-20(25)27-19-18(10-7-15-23-19)22(26)13-11-17(12-14-22)16-8-5-4-6-9-16/h4-10,15,17,26H,11-14H2,1-3H3,(H,24,25). The summed E-state index contributed by atoms with van der Waals surface area (Å²) in [5, 5.41) is 14.0. The first kappa shape index (κ1) is 19.4. The number of aliphatic hydroxyl groups is 1. The molecular formula is C22H28N2O3. The Labute approximate surface area is 160 Å². The topological polar surface area (TPSA) is 71.5 Å². The molecule has 5 heteroatoms. The van der Waals surface area contributed by atoms with Crippen LogP contribution in [0.1, 0.15) is 63.5 Å². The molecule has 27 heavy (non-hydrogen) atoms. The van der Waals surface area contributed by atoms with Crippen LogP contribution in [0.2, 0.25) is 0 Å². The fraction of sp³-hybridized carbons (Fsp3) is 0.455. The molecule has 5 nitrogen and oxygen atoms in total. The van der Waals surface area contributed by atoms with E-state index in [9.17, 15) is 9.90 Å². The van der Waals surface area contributed by atoms with E-state index >= 15 is 0 Å². The highest BCUT2D eigenvalue weighted by Gasteiger charge is 2.38. The van der Waals surface area contributed by atoms with Gasteiger partial charge in [-0.2, -0.15) is 0 Å². The molecular weight excluding hydrogens is 340 g/mol. The van der Waals surface area contributed by atoms with Crippen molar-refractivity contribution in [1.29, 1.82) is 0 Å². The van der Waals surface area contributed by atoms with Gasteiger partial charge in [0.15, 0.2) is 0 Å². The van der Waals surface area contributed by atoms with Crippen molar-refractivity contribution in [2.45, 2.75) is 63.5 Å². The molecule has 1 aliphatic carbocycles. The zero-order valence-electron chi connectivity index (χ0n) is 16.2. The Bertz CT molecular complexity index is 776. The highest BCUT2D eigenvalue weighted by atomic mass is 16.6. The van der Waals surface area contributed by atoms with Gasteiger partial charge >= 0.3 is 6.09 Å². The fourth-order valence-corrected chi connectivity index (χ4v) is 3.67. The Morgan fingerprint density at radius 2 is 1.81 bits per heavy atom. The van der Waals surface area contributed by atoms with Gasteiger partial charge in [-0.1, -0.05) is 30.3 Å². The lowest BCUT2D eigenvalue weighted by Crippen LogP contribution is -2.42. The molecule has 1 heterocycles. The fourth-order valence-electron chi connectivity index (χ4n) is 3.67. The number of rotatable bonds is 3. The predicted molar refractivity (Wildman–Crippen MR) is 105 cm³/mol. The minimum Gasteiger partial charge on any atom is -0.391 e. The Morgan fingerprint density at radius 3 is 2.44 bits per heavy atom. The molecule has 1 aromatic carbocycles. The highest BCUT2D eigenvalue weighted by Crippen LogP contribution is 2.45. The summed E-state index contributed by atoms with van der Waals surface area (Å²) >= 11 is 0. The van der Waals surface area contributed by atoms with Crippen LogP contribution in [-0.4, -0.2) is 21.7 Å². The third-order valence-electron chi connectivity index (χ3n) is 5.02. The number of hydrogen-bond donors (Lipinski definition) is 2. The minimum atomic E-state index is -1.03. The molecule has 0 atom stereocenters. The summed E-state index contributed by atoms with van der Waals surface area (Å²) in [5.41, 5.74) is 0.459. The van der Waals surface area contributed by atoms with Gasteiger partial charge in [0.25, 0.3) is 0 Å². The van der Waals surface area contributed by atoms with Gasteiger partial charge in [-0.25, -0.2) is 9.78 Å². The van der Waals surface area contributed by atoms with Crippen molar-refractivity contribution in [2.75, 3.05) is 0 Å². The number of pyridine rings is 1. The van der Waals surface area contributed by atoms with Crippen LogP contribution < -0.4 is 10.1 Å². The van der Waals surface area contributed by atoms with E-state index in [1.54, 1.807) is 18.3 Å². The molecule has 0 saturated heterocycles. The molecule has 1 saturated carbocycles. The molecule has 1 aliphatic rings. The molecule has 1 fully saturated rings. The number of hydrogen-bond acceptors (Lipinski definition) is 4. The Balaban J connectivity index is 1.74. The lowest BCUT2D eigenvalue weighted by atomic mass is 9.73. The Kier molecular flexibility index (Phi) is 5.51. The third-order valence-corrected chi connectivity index (χ3v) is 5.02. The van der Waals surface area contributed by atoms with Gasteiger partial charge in [-0.3, -0.25) is 0 Å². The molecule has 3 rings (SSSR count). The van der Waals surface area contributed by atoms with Crippen LogP contribution in [0.15, 0.2) is 48.7 Å². The predicted octanol–water partition coefficient (Wildman–Crippen LogP) is 4.51. The van der Waals surface area contributed by atoms with Crippen LogP contribution in [0, 0.1) is 0 Å².